The Morgan fingerprint density at radius 3 is 2.29 bits per heavy atom. The quantitative estimate of drug-likeness (QED) is 0.641. The molecule has 0 bridgehead atoms. The number of benzene rings is 1. The zero-order valence-electron chi connectivity index (χ0n) is 22.9. The largest absolute Gasteiger partial charge is 0.444 e. The smallest absolute Gasteiger partial charge is 0.410 e. The molecule has 1 N–H and O–H groups in total. The van der Waals surface area contributed by atoms with E-state index in [0.29, 0.717) is 51.9 Å². The Balaban J connectivity index is 1.34. The van der Waals surface area contributed by atoms with Gasteiger partial charge in [-0.2, -0.15) is 5.26 Å². The van der Waals surface area contributed by atoms with Gasteiger partial charge in [0.05, 0.1) is 6.07 Å². The monoisotopic (exact) mass is 520 g/mol. The number of hydrogen-bond donors (Lipinski definition) is 1. The second-order valence-electron chi connectivity index (χ2n) is 12.8. The van der Waals surface area contributed by atoms with E-state index in [1.165, 1.54) is 5.56 Å². The van der Waals surface area contributed by atoms with Crippen LogP contribution in [0.4, 0.5) is 4.79 Å². The highest BCUT2D eigenvalue weighted by atomic mass is 16.6. The molecule has 8 nitrogen and oxygen atoms in total. The van der Waals surface area contributed by atoms with Crippen molar-refractivity contribution >= 4 is 17.9 Å². The lowest BCUT2D eigenvalue weighted by molar-refractivity contribution is -0.146. The maximum Gasteiger partial charge on any atom is 0.410 e. The number of rotatable bonds is 3. The lowest BCUT2D eigenvalue weighted by Crippen LogP contribution is -2.56. The van der Waals surface area contributed by atoms with Crippen molar-refractivity contribution in [2.24, 2.45) is 11.8 Å². The number of piperidine rings is 1. The Bertz CT molecular complexity index is 1140. The van der Waals surface area contributed by atoms with E-state index < -0.39 is 11.1 Å². The molecule has 2 aliphatic carbocycles. The van der Waals surface area contributed by atoms with Gasteiger partial charge in [0, 0.05) is 43.4 Å². The van der Waals surface area contributed by atoms with Gasteiger partial charge in [0.15, 0.2) is 0 Å². The molecule has 0 aromatic heterocycles. The van der Waals surface area contributed by atoms with Crippen LogP contribution in [0.25, 0.3) is 0 Å². The maximum absolute atomic E-state index is 14.1. The second-order valence-corrected chi connectivity index (χ2v) is 12.8. The molecule has 8 heteroatoms. The van der Waals surface area contributed by atoms with E-state index in [1.807, 2.05) is 31.7 Å². The highest BCUT2D eigenvalue weighted by Crippen LogP contribution is 2.44. The van der Waals surface area contributed by atoms with Crippen LogP contribution in [0.5, 0.6) is 0 Å². The van der Waals surface area contributed by atoms with E-state index in [9.17, 15) is 19.6 Å². The lowest BCUT2D eigenvalue weighted by Gasteiger charge is -2.49. The molecule has 38 heavy (non-hydrogen) atoms. The molecule has 4 aliphatic rings. The van der Waals surface area contributed by atoms with E-state index >= 15 is 0 Å². The number of carbonyl (C=O) groups is 3. The van der Waals surface area contributed by atoms with Crippen molar-refractivity contribution in [3.05, 3.63) is 35.4 Å². The molecule has 1 spiro atoms. The van der Waals surface area contributed by atoms with Crippen molar-refractivity contribution in [1.29, 1.82) is 5.26 Å². The third kappa shape index (κ3) is 5.25. The number of fused-ring (bicyclic) bond motifs is 2. The van der Waals surface area contributed by atoms with Crippen molar-refractivity contribution in [1.82, 2.24) is 15.1 Å². The average molecular weight is 521 g/mol. The summed E-state index contributed by atoms with van der Waals surface area (Å²) in [5.41, 5.74) is 0.931. The van der Waals surface area contributed by atoms with Gasteiger partial charge in [0.1, 0.15) is 11.1 Å². The van der Waals surface area contributed by atoms with Crippen molar-refractivity contribution in [3.63, 3.8) is 0 Å². The van der Waals surface area contributed by atoms with Crippen LogP contribution in [0.3, 0.4) is 0 Å². The van der Waals surface area contributed by atoms with Crippen LogP contribution < -0.4 is 5.32 Å². The first-order chi connectivity index (χ1) is 18.0. The van der Waals surface area contributed by atoms with Crippen LogP contribution in [0.2, 0.25) is 0 Å². The molecule has 2 atom stereocenters. The number of nitriles is 1. The number of nitrogens with zero attached hydrogens (tertiary/aromatic N) is 3. The van der Waals surface area contributed by atoms with Gasteiger partial charge < -0.3 is 19.9 Å². The Morgan fingerprint density at radius 2 is 1.66 bits per heavy atom. The molecule has 0 radical (unpaired) electrons. The summed E-state index contributed by atoms with van der Waals surface area (Å²) in [6, 6.07) is 10.6. The maximum atomic E-state index is 14.1. The highest BCUT2D eigenvalue weighted by molar-refractivity contribution is 5.89. The molecule has 1 aromatic carbocycles. The summed E-state index contributed by atoms with van der Waals surface area (Å²) in [5, 5.41) is 12.4. The molecular weight excluding hydrogens is 480 g/mol. The third-order valence-electron chi connectivity index (χ3n) is 8.87. The summed E-state index contributed by atoms with van der Waals surface area (Å²) in [6.07, 6.45) is 5.85. The number of hydrogen-bond acceptors (Lipinski definition) is 5. The number of ether oxygens (including phenoxy) is 1. The highest BCUT2D eigenvalue weighted by Gasteiger charge is 2.49. The SMILES string of the molecule is CC(C)(C)OC(=O)N1CCC2(CC1)CN(C(=O)[C@@H]1CCCC[C@H]1C(=O)NC1(C#N)CC1)Cc1ccccc12. The van der Waals surface area contributed by atoms with Crippen LogP contribution >= 0.6 is 0 Å². The Kier molecular flexibility index (Phi) is 6.91. The summed E-state index contributed by atoms with van der Waals surface area (Å²) >= 11 is 0. The molecule has 2 heterocycles. The van der Waals surface area contributed by atoms with E-state index in [4.69, 9.17) is 4.74 Å². The topological polar surface area (TPSA) is 103 Å². The van der Waals surface area contributed by atoms with Gasteiger partial charge in [-0.15, -0.1) is 0 Å². The fourth-order valence-electron chi connectivity index (χ4n) is 6.61. The summed E-state index contributed by atoms with van der Waals surface area (Å²) in [5.74, 6) is -0.832. The fourth-order valence-corrected chi connectivity index (χ4v) is 6.61. The van der Waals surface area contributed by atoms with Crippen LogP contribution in [0, 0.1) is 23.2 Å². The third-order valence-corrected chi connectivity index (χ3v) is 8.87. The van der Waals surface area contributed by atoms with Crippen LogP contribution in [0.1, 0.15) is 83.3 Å². The van der Waals surface area contributed by atoms with E-state index in [0.717, 1.165) is 31.2 Å². The summed E-state index contributed by atoms with van der Waals surface area (Å²) in [6.45, 7) is 7.92. The van der Waals surface area contributed by atoms with Gasteiger partial charge in [-0.3, -0.25) is 9.59 Å². The molecule has 3 fully saturated rings. The first-order valence-electron chi connectivity index (χ1n) is 14.1. The zero-order chi connectivity index (χ0) is 27.1. The minimum atomic E-state index is -0.724. The Hall–Kier alpha value is -3.08. The predicted octanol–water partition coefficient (Wildman–Crippen LogP) is 4.28. The molecule has 5 rings (SSSR count). The van der Waals surface area contributed by atoms with Crippen molar-refractivity contribution in [2.45, 2.75) is 95.2 Å². The van der Waals surface area contributed by atoms with Gasteiger partial charge in [-0.25, -0.2) is 4.79 Å². The second kappa shape index (κ2) is 9.91. The predicted molar refractivity (Wildman–Crippen MR) is 142 cm³/mol. The summed E-state index contributed by atoms with van der Waals surface area (Å²) in [4.78, 5) is 43.8. The minimum absolute atomic E-state index is 0.0510. The van der Waals surface area contributed by atoms with Gasteiger partial charge in [0.2, 0.25) is 11.8 Å². The normalized spacial score (nSPS) is 25.6. The zero-order valence-corrected chi connectivity index (χ0v) is 22.9. The fraction of sp³-hybridized carbons (Fsp3) is 0.667. The summed E-state index contributed by atoms with van der Waals surface area (Å²) < 4.78 is 5.61. The molecule has 0 unspecified atom stereocenters. The van der Waals surface area contributed by atoms with Crippen molar-refractivity contribution in [2.75, 3.05) is 19.6 Å². The van der Waals surface area contributed by atoms with Crippen LogP contribution in [0.15, 0.2) is 24.3 Å². The molecule has 3 amide bonds. The van der Waals surface area contributed by atoms with E-state index in [1.54, 1.807) is 4.90 Å². The number of nitrogens with one attached hydrogen (secondary N) is 1. The molecule has 2 saturated carbocycles. The van der Waals surface area contributed by atoms with Crippen LogP contribution in [-0.2, 0) is 26.3 Å². The van der Waals surface area contributed by atoms with Crippen molar-refractivity contribution < 1.29 is 19.1 Å². The molecule has 1 aromatic rings. The molecular formula is C30H40N4O4. The Morgan fingerprint density at radius 1 is 1.00 bits per heavy atom. The Labute approximate surface area is 225 Å². The first-order valence-corrected chi connectivity index (χ1v) is 14.1. The number of likely N-dealkylation sites (tertiary alicyclic amines) is 1. The standard InChI is InChI=1S/C30H40N4O4/c1-28(2,3)38-27(37)33-16-14-29(15-17-33)20-34(18-21-8-4-7-11-24(21)29)26(36)23-10-6-5-9-22(23)25(35)32-30(19-31)12-13-30/h4,7-8,11,22-23H,5-6,9-10,12-18,20H2,1-3H3,(H,32,35)/t22-,23-/m1/s1. The molecule has 204 valence electrons. The number of carbonyl (C=O) groups excluding carboxylic acids is 3. The van der Waals surface area contributed by atoms with Gasteiger partial charge in [-0.1, -0.05) is 37.1 Å². The van der Waals surface area contributed by atoms with Gasteiger partial charge >= 0.3 is 6.09 Å². The van der Waals surface area contributed by atoms with Crippen LogP contribution in [-0.4, -0.2) is 58.5 Å². The average Bonchev–Trinajstić information content (AvgIpc) is 3.67. The molecule has 2 aliphatic heterocycles. The van der Waals surface area contributed by atoms with E-state index in [2.05, 4.69) is 29.6 Å². The minimum Gasteiger partial charge on any atom is -0.444 e. The number of amides is 3. The van der Waals surface area contributed by atoms with Gasteiger partial charge in [-0.05, 0) is 70.4 Å². The lowest BCUT2D eigenvalue weighted by atomic mass is 9.68. The van der Waals surface area contributed by atoms with E-state index in [-0.39, 0.29) is 35.2 Å². The van der Waals surface area contributed by atoms with Crippen molar-refractivity contribution in [3.8, 4) is 6.07 Å². The molecule has 1 saturated heterocycles. The van der Waals surface area contributed by atoms with Gasteiger partial charge in [0.25, 0.3) is 0 Å². The summed E-state index contributed by atoms with van der Waals surface area (Å²) in [7, 11) is 0. The first kappa shape index (κ1) is 26.5.